The lowest BCUT2D eigenvalue weighted by atomic mass is 10.0. The van der Waals surface area contributed by atoms with Crippen molar-refractivity contribution in [1.29, 1.82) is 5.26 Å². The number of nitrogens with zero attached hydrogens (tertiary/aromatic N) is 4. The molecule has 1 unspecified atom stereocenters. The lowest BCUT2D eigenvalue weighted by molar-refractivity contribution is -0.137. The normalized spacial score (nSPS) is 17.3. The van der Waals surface area contributed by atoms with Crippen molar-refractivity contribution in [1.82, 2.24) is 14.7 Å². The molecular weight excluding hydrogens is 309 g/mol. The number of hydrogen-bond acceptors (Lipinski definition) is 3. The first kappa shape index (κ1) is 15.1. The van der Waals surface area contributed by atoms with Gasteiger partial charge in [0, 0.05) is 29.9 Å². The van der Waals surface area contributed by atoms with E-state index in [1.807, 2.05) is 6.07 Å². The molecule has 0 N–H and O–H groups in total. The minimum Gasteiger partial charge on any atom is -0.314 e. The topological polar surface area (TPSA) is 61.9 Å². The van der Waals surface area contributed by atoms with E-state index in [4.69, 9.17) is 0 Å². The Balaban J connectivity index is 1.99. The molecule has 1 aromatic carbocycles. The highest BCUT2D eigenvalue weighted by atomic mass is 19.4. The van der Waals surface area contributed by atoms with E-state index in [0.717, 1.165) is 18.2 Å². The molecule has 1 aliphatic rings. The molecule has 0 saturated heterocycles. The second kappa shape index (κ2) is 5.12. The highest BCUT2D eigenvalue weighted by Gasteiger charge is 2.40. The molecule has 0 spiro atoms. The van der Waals surface area contributed by atoms with Gasteiger partial charge in [0.1, 0.15) is 6.04 Å². The van der Waals surface area contributed by atoms with Crippen LogP contribution in [0.4, 0.5) is 13.2 Å². The Kier molecular flexibility index (Phi) is 3.36. The van der Waals surface area contributed by atoms with Crippen LogP contribution < -0.4 is 0 Å². The number of nitriles is 1. The number of fused-ring (bicyclic) bond motifs is 1. The van der Waals surface area contributed by atoms with Crippen molar-refractivity contribution in [3.63, 3.8) is 0 Å². The molecule has 0 saturated carbocycles. The summed E-state index contributed by atoms with van der Waals surface area (Å²) in [6.45, 7) is 0.112. The van der Waals surface area contributed by atoms with Gasteiger partial charge < -0.3 is 4.90 Å². The fourth-order valence-electron chi connectivity index (χ4n) is 2.65. The molecule has 3 rings (SSSR count). The van der Waals surface area contributed by atoms with E-state index in [0.29, 0.717) is 5.56 Å². The standard InChI is InChI=1S/C15H11F3N4O/c1-21-7-9(6-20-21)8-22-13(5-19)12-4-10(15(16,17)18)2-3-11(12)14(22)23/h2-4,6-7,13H,8H2,1H3. The van der Waals surface area contributed by atoms with E-state index >= 15 is 0 Å². The molecule has 118 valence electrons. The Bertz CT molecular complexity index is 819. The zero-order valence-corrected chi connectivity index (χ0v) is 12.0. The summed E-state index contributed by atoms with van der Waals surface area (Å²) in [5, 5.41) is 13.3. The van der Waals surface area contributed by atoms with Gasteiger partial charge in [-0.3, -0.25) is 9.48 Å². The summed E-state index contributed by atoms with van der Waals surface area (Å²) in [6.07, 6.45) is -1.29. The summed E-state index contributed by atoms with van der Waals surface area (Å²) < 4.78 is 40.1. The molecule has 1 aliphatic heterocycles. The Morgan fingerprint density at radius 3 is 2.70 bits per heavy atom. The first-order chi connectivity index (χ1) is 10.8. The number of hydrogen-bond donors (Lipinski definition) is 0. The largest absolute Gasteiger partial charge is 0.416 e. The molecule has 0 fully saturated rings. The number of alkyl halides is 3. The van der Waals surface area contributed by atoms with Crippen molar-refractivity contribution in [2.75, 3.05) is 0 Å². The van der Waals surface area contributed by atoms with Crippen LogP contribution in [-0.4, -0.2) is 20.6 Å². The van der Waals surface area contributed by atoms with E-state index in [1.54, 1.807) is 24.1 Å². The fraction of sp³-hybridized carbons (Fsp3) is 0.267. The summed E-state index contributed by atoms with van der Waals surface area (Å²) in [4.78, 5) is 13.7. The maximum Gasteiger partial charge on any atom is 0.416 e. The van der Waals surface area contributed by atoms with Gasteiger partial charge in [0.25, 0.3) is 5.91 Å². The van der Waals surface area contributed by atoms with Gasteiger partial charge in [-0.1, -0.05) is 0 Å². The van der Waals surface area contributed by atoms with Crippen LogP contribution in [0.15, 0.2) is 30.6 Å². The summed E-state index contributed by atoms with van der Waals surface area (Å²) in [5.41, 5.74) is 0.0575. The quantitative estimate of drug-likeness (QED) is 0.854. The molecule has 8 heteroatoms. The highest BCUT2D eigenvalue weighted by Crippen LogP contribution is 2.38. The van der Waals surface area contributed by atoms with Crippen LogP contribution in [0.2, 0.25) is 0 Å². The van der Waals surface area contributed by atoms with Crippen LogP contribution in [0, 0.1) is 11.3 Å². The molecular formula is C15H11F3N4O. The average Bonchev–Trinajstić information content (AvgIpc) is 3.01. The molecule has 5 nitrogen and oxygen atoms in total. The van der Waals surface area contributed by atoms with Crippen molar-refractivity contribution < 1.29 is 18.0 Å². The smallest absolute Gasteiger partial charge is 0.314 e. The molecule has 1 amide bonds. The molecule has 2 aromatic rings. The van der Waals surface area contributed by atoms with Crippen LogP contribution in [0.3, 0.4) is 0 Å². The van der Waals surface area contributed by atoms with E-state index in [9.17, 15) is 23.2 Å². The van der Waals surface area contributed by atoms with Crippen LogP contribution in [0.1, 0.15) is 33.1 Å². The number of amides is 1. The predicted octanol–water partition coefficient (Wildman–Crippen LogP) is 2.66. The van der Waals surface area contributed by atoms with Gasteiger partial charge >= 0.3 is 6.18 Å². The van der Waals surface area contributed by atoms with Crippen LogP contribution >= 0.6 is 0 Å². The maximum absolute atomic E-state index is 12.8. The van der Waals surface area contributed by atoms with Gasteiger partial charge in [0.2, 0.25) is 0 Å². The lowest BCUT2D eigenvalue weighted by Gasteiger charge is -2.19. The third-order valence-electron chi connectivity index (χ3n) is 3.71. The zero-order chi connectivity index (χ0) is 16.8. The van der Waals surface area contributed by atoms with Crippen molar-refractivity contribution >= 4 is 5.91 Å². The Morgan fingerprint density at radius 2 is 2.13 bits per heavy atom. The Morgan fingerprint density at radius 1 is 1.39 bits per heavy atom. The SMILES string of the molecule is Cn1cc(CN2C(=O)c3ccc(C(F)(F)F)cc3C2C#N)cn1. The minimum atomic E-state index is -4.52. The maximum atomic E-state index is 12.8. The summed E-state index contributed by atoms with van der Waals surface area (Å²) in [7, 11) is 1.71. The van der Waals surface area contributed by atoms with E-state index in [-0.39, 0.29) is 17.7 Å². The van der Waals surface area contributed by atoms with E-state index in [1.165, 1.54) is 4.90 Å². The number of carbonyl (C=O) groups is 1. The second-order valence-corrected chi connectivity index (χ2v) is 5.29. The second-order valence-electron chi connectivity index (χ2n) is 5.29. The third-order valence-corrected chi connectivity index (χ3v) is 3.71. The Hall–Kier alpha value is -2.82. The molecule has 1 aromatic heterocycles. The van der Waals surface area contributed by atoms with Gasteiger partial charge in [0.05, 0.1) is 24.4 Å². The van der Waals surface area contributed by atoms with Crippen molar-refractivity contribution in [2.24, 2.45) is 7.05 Å². The third kappa shape index (κ3) is 2.54. The zero-order valence-electron chi connectivity index (χ0n) is 12.0. The summed E-state index contributed by atoms with van der Waals surface area (Å²) in [5.74, 6) is -0.455. The lowest BCUT2D eigenvalue weighted by Crippen LogP contribution is -2.26. The van der Waals surface area contributed by atoms with Crippen molar-refractivity contribution in [3.8, 4) is 6.07 Å². The summed E-state index contributed by atoms with van der Waals surface area (Å²) in [6, 6.07) is 3.75. The first-order valence-electron chi connectivity index (χ1n) is 6.70. The number of halogens is 3. The minimum absolute atomic E-state index is 0.0937. The molecule has 0 radical (unpaired) electrons. The van der Waals surface area contributed by atoms with Crippen LogP contribution in [0.25, 0.3) is 0 Å². The number of aryl methyl sites for hydroxylation is 1. The molecule has 2 heterocycles. The number of rotatable bonds is 2. The molecule has 0 bridgehead atoms. The molecule has 1 atom stereocenters. The molecule has 23 heavy (non-hydrogen) atoms. The van der Waals surface area contributed by atoms with Gasteiger partial charge in [-0.2, -0.15) is 23.5 Å². The Labute approximate surface area is 129 Å². The monoisotopic (exact) mass is 320 g/mol. The van der Waals surface area contributed by atoms with Gasteiger partial charge in [-0.05, 0) is 18.2 Å². The number of carbonyl (C=O) groups excluding carboxylic acids is 1. The van der Waals surface area contributed by atoms with Crippen molar-refractivity contribution in [2.45, 2.75) is 18.8 Å². The van der Waals surface area contributed by atoms with Crippen LogP contribution in [-0.2, 0) is 19.8 Å². The predicted molar refractivity (Wildman–Crippen MR) is 72.9 cm³/mol. The summed E-state index contributed by atoms with van der Waals surface area (Å²) >= 11 is 0. The van der Waals surface area contributed by atoms with Gasteiger partial charge in [-0.15, -0.1) is 0 Å². The van der Waals surface area contributed by atoms with E-state index in [2.05, 4.69) is 5.10 Å². The average molecular weight is 320 g/mol. The fourth-order valence-corrected chi connectivity index (χ4v) is 2.65. The number of benzene rings is 1. The first-order valence-corrected chi connectivity index (χ1v) is 6.70. The highest BCUT2D eigenvalue weighted by molar-refractivity contribution is 5.99. The number of aromatic nitrogens is 2. The van der Waals surface area contributed by atoms with E-state index < -0.39 is 23.7 Å². The van der Waals surface area contributed by atoms with Gasteiger partial charge in [0.15, 0.2) is 0 Å². The van der Waals surface area contributed by atoms with Gasteiger partial charge in [-0.25, -0.2) is 0 Å². The van der Waals surface area contributed by atoms with Crippen molar-refractivity contribution in [3.05, 3.63) is 52.8 Å². The van der Waals surface area contributed by atoms with Crippen LogP contribution in [0.5, 0.6) is 0 Å². The molecule has 0 aliphatic carbocycles.